The van der Waals surface area contributed by atoms with Gasteiger partial charge in [-0.25, -0.2) is 0 Å². The molecule has 3 N–H and O–H groups in total. The van der Waals surface area contributed by atoms with Crippen LogP contribution in [-0.2, 0) is 4.79 Å². The van der Waals surface area contributed by atoms with Crippen molar-refractivity contribution in [2.75, 3.05) is 6.61 Å². The maximum absolute atomic E-state index is 12.4. The largest absolute Gasteiger partial charge is 0.394 e. The number of hydrogen-bond acceptors (Lipinski definition) is 3. The molecule has 0 saturated heterocycles. The van der Waals surface area contributed by atoms with E-state index in [4.69, 9.17) is 0 Å². The van der Waals surface area contributed by atoms with Gasteiger partial charge in [0.2, 0.25) is 5.91 Å². The first-order valence-corrected chi connectivity index (χ1v) is 25.2. The molecule has 4 nitrogen and oxygen atoms in total. The van der Waals surface area contributed by atoms with E-state index in [0.717, 1.165) is 89.9 Å². The highest BCUT2D eigenvalue weighted by Gasteiger charge is 2.17. The van der Waals surface area contributed by atoms with Gasteiger partial charge in [0.1, 0.15) is 0 Å². The summed E-state index contributed by atoms with van der Waals surface area (Å²) in [4.78, 5) is 12.4. The maximum Gasteiger partial charge on any atom is 0.220 e. The van der Waals surface area contributed by atoms with Crippen LogP contribution in [0.4, 0.5) is 0 Å². The third-order valence-electron chi connectivity index (χ3n) is 10.7. The van der Waals surface area contributed by atoms with Gasteiger partial charge in [-0.15, -0.1) is 0 Å². The van der Waals surface area contributed by atoms with E-state index in [2.05, 4.69) is 129 Å². The topological polar surface area (TPSA) is 69.6 Å². The molecule has 0 bridgehead atoms. The lowest BCUT2D eigenvalue weighted by Gasteiger charge is -2.19. The Hall–Kier alpha value is -3.21. The zero-order chi connectivity index (χ0) is 44.2. The third-order valence-corrected chi connectivity index (χ3v) is 10.7. The van der Waals surface area contributed by atoms with Crippen molar-refractivity contribution in [1.82, 2.24) is 5.32 Å². The quantitative estimate of drug-likeness (QED) is 0.0423. The van der Waals surface area contributed by atoms with E-state index in [9.17, 15) is 15.0 Å². The van der Waals surface area contributed by atoms with Crippen molar-refractivity contribution in [3.8, 4) is 0 Å². The fourth-order valence-corrected chi connectivity index (χ4v) is 6.86. The van der Waals surface area contributed by atoms with Crippen LogP contribution in [0, 0.1) is 0 Å². The number of allylic oxidation sites excluding steroid dienone is 19. The first kappa shape index (κ1) is 57.8. The summed E-state index contributed by atoms with van der Waals surface area (Å²) in [5, 5.41) is 23.0. The summed E-state index contributed by atoms with van der Waals surface area (Å²) >= 11 is 0. The molecule has 0 radical (unpaired) electrons. The van der Waals surface area contributed by atoms with Gasteiger partial charge in [-0.1, -0.05) is 232 Å². The number of unbranched alkanes of at least 4 members (excludes halogenated alkanes) is 19. The van der Waals surface area contributed by atoms with Crippen LogP contribution in [0.2, 0.25) is 0 Å². The summed E-state index contributed by atoms with van der Waals surface area (Å²) in [7, 11) is 0. The highest BCUT2D eigenvalue weighted by Crippen LogP contribution is 2.14. The van der Waals surface area contributed by atoms with E-state index in [1.54, 1.807) is 6.08 Å². The van der Waals surface area contributed by atoms with Crippen molar-refractivity contribution in [2.45, 2.75) is 225 Å². The Morgan fingerprint density at radius 2 is 0.738 bits per heavy atom. The normalized spacial score (nSPS) is 14.0. The SMILES string of the molecule is CC/C=C\C/C=C\C/C=C\C/C=C\C/C=C\C/C=C\C/C=C\C/C=C\CCCCC(=O)NC(CO)C(O)/C=C/CC/C=C/CCCCCCCCCCCCCCCCCC. The monoisotopic (exact) mass is 842 g/mol. The van der Waals surface area contributed by atoms with Crippen LogP contribution < -0.4 is 5.32 Å². The number of aliphatic hydroxyl groups is 2. The minimum Gasteiger partial charge on any atom is -0.394 e. The first-order chi connectivity index (χ1) is 30.2. The average molecular weight is 842 g/mol. The molecule has 2 unspecified atom stereocenters. The Labute approximate surface area is 378 Å². The number of amides is 1. The fraction of sp³-hybridized carbons (Fsp3) is 0.632. The second-order valence-corrected chi connectivity index (χ2v) is 16.5. The predicted molar refractivity (Wildman–Crippen MR) is 271 cm³/mol. The molecule has 4 heteroatoms. The van der Waals surface area contributed by atoms with Crippen molar-refractivity contribution < 1.29 is 15.0 Å². The van der Waals surface area contributed by atoms with E-state index < -0.39 is 12.1 Å². The maximum atomic E-state index is 12.4. The molecule has 2 atom stereocenters. The van der Waals surface area contributed by atoms with Crippen LogP contribution in [0.1, 0.15) is 213 Å². The third kappa shape index (κ3) is 47.7. The standard InChI is InChI=1S/C57H95NO3/c1-3-5-7-9-11-13-15-17-19-21-23-25-27-28-29-30-31-33-35-37-39-41-43-45-47-49-51-53-57(61)58-55(54-59)56(60)52-50-48-46-44-42-40-38-36-34-32-26-24-22-20-18-16-14-12-10-8-6-4-2/h5,7,11,13,17,19,23,25,28-29,31,33,37,39,42-45,50,52,55-56,59-60H,3-4,6,8-10,12,14-16,18,20-22,24,26-27,30,32,34-36,38,40-41,46-49,51,53-54H2,1-2H3,(H,58,61)/b7-5-,13-11-,19-17-,25-23-,29-28-,33-31-,39-37-,44-42+,45-43-,52-50+. The zero-order valence-electron chi connectivity index (χ0n) is 39.6. The van der Waals surface area contributed by atoms with E-state index in [0.29, 0.717) is 6.42 Å². The van der Waals surface area contributed by atoms with Gasteiger partial charge in [0.05, 0.1) is 18.8 Å². The van der Waals surface area contributed by atoms with Gasteiger partial charge in [0.25, 0.3) is 0 Å². The number of carbonyl (C=O) groups is 1. The molecular formula is C57H95NO3. The number of rotatable bonds is 44. The fourth-order valence-electron chi connectivity index (χ4n) is 6.86. The molecular weight excluding hydrogens is 747 g/mol. The van der Waals surface area contributed by atoms with Crippen molar-refractivity contribution in [2.24, 2.45) is 0 Å². The highest BCUT2D eigenvalue weighted by atomic mass is 16.3. The molecule has 0 spiro atoms. The average Bonchev–Trinajstić information content (AvgIpc) is 3.26. The molecule has 0 aliphatic rings. The summed E-state index contributed by atoms with van der Waals surface area (Å²) in [6, 6.07) is -0.672. The molecule has 0 aromatic rings. The summed E-state index contributed by atoms with van der Waals surface area (Å²) in [5.41, 5.74) is 0. The van der Waals surface area contributed by atoms with Gasteiger partial charge in [-0.3, -0.25) is 4.79 Å². The molecule has 0 aromatic carbocycles. The van der Waals surface area contributed by atoms with Crippen molar-refractivity contribution in [3.05, 3.63) is 122 Å². The van der Waals surface area contributed by atoms with Gasteiger partial charge < -0.3 is 15.5 Å². The molecule has 0 aliphatic carbocycles. The van der Waals surface area contributed by atoms with Crippen LogP contribution in [0.3, 0.4) is 0 Å². The highest BCUT2D eigenvalue weighted by molar-refractivity contribution is 5.76. The number of hydrogen-bond donors (Lipinski definition) is 3. The number of nitrogens with one attached hydrogen (secondary N) is 1. The molecule has 0 heterocycles. The lowest BCUT2D eigenvalue weighted by molar-refractivity contribution is -0.123. The first-order valence-electron chi connectivity index (χ1n) is 25.2. The second kappa shape index (κ2) is 51.1. The zero-order valence-corrected chi connectivity index (χ0v) is 39.6. The summed E-state index contributed by atoms with van der Waals surface area (Å²) in [6.45, 7) is 4.16. The van der Waals surface area contributed by atoms with Gasteiger partial charge >= 0.3 is 0 Å². The molecule has 0 fully saturated rings. The predicted octanol–water partition coefficient (Wildman–Crippen LogP) is 16.5. The van der Waals surface area contributed by atoms with Gasteiger partial charge in [-0.05, 0) is 96.3 Å². The lowest BCUT2D eigenvalue weighted by Crippen LogP contribution is -2.45. The second-order valence-electron chi connectivity index (χ2n) is 16.5. The smallest absolute Gasteiger partial charge is 0.220 e. The molecule has 1 amide bonds. The van der Waals surface area contributed by atoms with Gasteiger partial charge in [0.15, 0.2) is 0 Å². The Kier molecular flexibility index (Phi) is 48.5. The number of aliphatic hydroxyl groups excluding tert-OH is 2. The summed E-state index contributed by atoms with van der Waals surface area (Å²) in [5.74, 6) is -0.121. The van der Waals surface area contributed by atoms with Crippen molar-refractivity contribution in [1.29, 1.82) is 0 Å². The Morgan fingerprint density at radius 3 is 1.15 bits per heavy atom. The van der Waals surface area contributed by atoms with Crippen LogP contribution in [-0.4, -0.2) is 34.9 Å². The van der Waals surface area contributed by atoms with Gasteiger partial charge in [-0.2, -0.15) is 0 Å². The van der Waals surface area contributed by atoms with Crippen molar-refractivity contribution in [3.63, 3.8) is 0 Å². The van der Waals surface area contributed by atoms with E-state index in [1.807, 2.05) is 6.08 Å². The Morgan fingerprint density at radius 1 is 0.410 bits per heavy atom. The number of carbonyl (C=O) groups excluding carboxylic acids is 1. The Balaban J connectivity index is 3.74. The molecule has 0 aromatic heterocycles. The van der Waals surface area contributed by atoms with Crippen LogP contribution in [0.5, 0.6) is 0 Å². The summed E-state index contributed by atoms with van der Waals surface area (Å²) < 4.78 is 0. The van der Waals surface area contributed by atoms with Crippen LogP contribution in [0.25, 0.3) is 0 Å². The van der Waals surface area contributed by atoms with Crippen molar-refractivity contribution >= 4 is 5.91 Å². The van der Waals surface area contributed by atoms with Crippen LogP contribution in [0.15, 0.2) is 122 Å². The molecule has 346 valence electrons. The summed E-state index contributed by atoms with van der Waals surface area (Å²) in [6.07, 6.45) is 79.0. The van der Waals surface area contributed by atoms with Gasteiger partial charge in [0, 0.05) is 6.42 Å². The van der Waals surface area contributed by atoms with E-state index in [-0.39, 0.29) is 12.5 Å². The molecule has 0 aliphatic heterocycles. The lowest BCUT2D eigenvalue weighted by atomic mass is 10.0. The molecule has 0 saturated carbocycles. The Bertz CT molecular complexity index is 1230. The minimum atomic E-state index is -0.890. The molecule has 0 rings (SSSR count). The minimum absolute atomic E-state index is 0.121. The van der Waals surface area contributed by atoms with E-state index in [1.165, 1.54) is 103 Å². The van der Waals surface area contributed by atoms with E-state index >= 15 is 0 Å². The molecule has 61 heavy (non-hydrogen) atoms. The van der Waals surface area contributed by atoms with Crippen LogP contribution >= 0.6 is 0 Å².